The SMILES string of the molecule is CC(C)c1ccccc1NC1CC2CC1C1CCCC21. The van der Waals surface area contributed by atoms with Gasteiger partial charge in [0.05, 0.1) is 0 Å². The van der Waals surface area contributed by atoms with Crippen molar-refractivity contribution in [2.45, 2.75) is 57.9 Å². The second-order valence-electron chi connectivity index (χ2n) is 7.65. The smallest absolute Gasteiger partial charge is 0.0377 e. The van der Waals surface area contributed by atoms with Crippen LogP contribution in [0.5, 0.6) is 0 Å². The van der Waals surface area contributed by atoms with Gasteiger partial charge in [-0.1, -0.05) is 38.5 Å². The van der Waals surface area contributed by atoms with Crippen LogP contribution in [0.15, 0.2) is 24.3 Å². The molecule has 1 aromatic carbocycles. The number of para-hydroxylation sites is 1. The maximum absolute atomic E-state index is 3.93. The summed E-state index contributed by atoms with van der Waals surface area (Å²) < 4.78 is 0. The highest BCUT2D eigenvalue weighted by Gasteiger charge is 2.53. The summed E-state index contributed by atoms with van der Waals surface area (Å²) in [5.74, 6) is 4.76. The van der Waals surface area contributed by atoms with Gasteiger partial charge in [0.25, 0.3) is 0 Å². The van der Waals surface area contributed by atoms with Crippen molar-refractivity contribution in [2.75, 3.05) is 5.32 Å². The number of rotatable bonds is 3. The number of hydrogen-bond donors (Lipinski definition) is 1. The Morgan fingerprint density at radius 3 is 2.65 bits per heavy atom. The lowest BCUT2D eigenvalue weighted by Gasteiger charge is -2.33. The van der Waals surface area contributed by atoms with Crippen molar-refractivity contribution >= 4 is 5.69 Å². The topological polar surface area (TPSA) is 12.0 Å². The van der Waals surface area contributed by atoms with Crippen molar-refractivity contribution in [1.82, 2.24) is 0 Å². The Balaban J connectivity index is 1.54. The zero-order valence-electron chi connectivity index (χ0n) is 12.8. The van der Waals surface area contributed by atoms with Crippen LogP contribution >= 0.6 is 0 Å². The predicted octanol–water partition coefficient (Wildman–Crippen LogP) is 5.05. The molecule has 0 heterocycles. The number of fused-ring (bicyclic) bond motifs is 5. The van der Waals surface area contributed by atoms with Crippen LogP contribution in [0.25, 0.3) is 0 Å². The lowest BCUT2D eigenvalue weighted by Crippen LogP contribution is -2.34. The van der Waals surface area contributed by atoms with Crippen molar-refractivity contribution in [2.24, 2.45) is 23.7 Å². The molecule has 5 unspecified atom stereocenters. The summed E-state index contributed by atoms with van der Waals surface area (Å²) in [6.45, 7) is 4.60. The number of anilines is 1. The van der Waals surface area contributed by atoms with E-state index >= 15 is 0 Å². The maximum atomic E-state index is 3.93. The summed E-state index contributed by atoms with van der Waals surface area (Å²) in [6.07, 6.45) is 7.48. The average molecular weight is 269 g/mol. The molecule has 1 N–H and O–H groups in total. The van der Waals surface area contributed by atoms with Crippen LogP contribution in [-0.2, 0) is 0 Å². The summed E-state index contributed by atoms with van der Waals surface area (Å²) in [7, 11) is 0. The molecule has 3 fully saturated rings. The van der Waals surface area contributed by atoms with Crippen LogP contribution in [0.4, 0.5) is 5.69 Å². The molecule has 0 amide bonds. The summed E-state index contributed by atoms with van der Waals surface area (Å²) in [5, 5.41) is 3.93. The molecular formula is C19H27N. The van der Waals surface area contributed by atoms with Crippen molar-refractivity contribution in [3.63, 3.8) is 0 Å². The van der Waals surface area contributed by atoms with Crippen molar-refractivity contribution in [1.29, 1.82) is 0 Å². The van der Waals surface area contributed by atoms with Crippen molar-refractivity contribution in [3.8, 4) is 0 Å². The van der Waals surface area contributed by atoms with Crippen LogP contribution in [0, 0.1) is 23.7 Å². The first-order chi connectivity index (χ1) is 9.74. The second kappa shape index (κ2) is 4.79. The Kier molecular flexibility index (Phi) is 3.05. The standard InChI is InChI=1S/C19H27N/c1-12(2)14-6-3-4-9-18(14)20-19-11-13-10-17(19)16-8-5-7-15(13)16/h3-4,6,9,12-13,15-17,19-20H,5,7-8,10-11H2,1-2H3. The molecule has 4 rings (SSSR count). The predicted molar refractivity (Wildman–Crippen MR) is 85.0 cm³/mol. The second-order valence-corrected chi connectivity index (χ2v) is 7.65. The van der Waals surface area contributed by atoms with Gasteiger partial charge in [-0.15, -0.1) is 0 Å². The van der Waals surface area contributed by atoms with E-state index in [4.69, 9.17) is 0 Å². The molecule has 108 valence electrons. The van der Waals surface area contributed by atoms with E-state index in [0.717, 1.165) is 29.7 Å². The third-order valence-corrected chi connectivity index (χ3v) is 6.35. The van der Waals surface area contributed by atoms with Gasteiger partial charge in [-0.05, 0) is 66.9 Å². The third-order valence-electron chi connectivity index (χ3n) is 6.35. The van der Waals surface area contributed by atoms with Crippen molar-refractivity contribution < 1.29 is 0 Å². The Hall–Kier alpha value is -0.980. The van der Waals surface area contributed by atoms with Crippen LogP contribution < -0.4 is 5.32 Å². The molecule has 0 saturated heterocycles. The summed E-state index contributed by atoms with van der Waals surface area (Å²) in [6, 6.07) is 9.68. The van der Waals surface area contributed by atoms with Gasteiger partial charge in [0.15, 0.2) is 0 Å². The normalized spacial score (nSPS) is 38.5. The monoisotopic (exact) mass is 269 g/mol. The highest BCUT2D eigenvalue weighted by atomic mass is 15.0. The first-order valence-electron chi connectivity index (χ1n) is 8.59. The first kappa shape index (κ1) is 12.7. The van der Waals surface area contributed by atoms with Crippen LogP contribution in [0.2, 0.25) is 0 Å². The van der Waals surface area contributed by atoms with Crippen LogP contribution in [0.1, 0.15) is 57.4 Å². The minimum atomic E-state index is 0.608. The molecule has 5 atom stereocenters. The zero-order valence-corrected chi connectivity index (χ0v) is 12.8. The van der Waals surface area contributed by atoms with Gasteiger partial charge in [0, 0.05) is 11.7 Å². The molecule has 0 radical (unpaired) electrons. The Labute approximate surface area is 123 Å². The fourth-order valence-corrected chi connectivity index (χ4v) is 5.57. The van der Waals surface area contributed by atoms with Crippen LogP contribution in [0.3, 0.4) is 0 Å². The molecule has 3 aliphatic rings. The van der Waals surface area contributed by atoms with E-state index in [1.807, 2.05) is 0 Å². The molecule has 20 heavy (non-hydrogen) atoms. The minimum Gasteiger partial charge on any atom is -0.382 e. The van der Waals surface area contributed by atoms with Gasteiger partial charge in [-0.3, -0.25) is 0 Å². The Morgan fingerprint density at radius 2 is 1.80 bits per heavy atom. The van der Waals surface area contributed by atoms with Gasteiger partial charge >= 0.3 is 0 Å². The third kappa shape index (κ3) is 1.89. The lowest BCUT2D eigenvalue weighted by atomic mass is 9.79. The number of nitrogens with one attached hydrogen (secondary N) is 1. The summed E-state index contributed by atoms with van der Waals surface area (Å²) in [5.41, 5.74) is 2.88. The molecule has 0 aromatic heterocycles. The van der Waals surface area contributed by atoms with E-state index in [1.54, 1.807) is 0 Å². The van der Waals surface area contributed by atoms with Gasteiger partial charge < -0.3 is 5.32 Å². The number of benzene rings is 1. The molecule has 0 spiro atoms. The maximum Gasteiger partial charge on any atom is 0.0377 e. The lowest BCUT2D eigenvalue weighted by molar-refractivity contribution is 0.243. The highest BCUT2D eigenvalue weighted by Crippen LogP contribution is 2.59. The quantitative estimate of drug-likeness (QED) is 0.810. The molecule has 1 heteroatoms. The van der Waals surface area contributed by atoms with Gasteiger partial charge in [-0.25, -0.2) is 0 Å². The van der Waals surface area contributed by atoms with E-state index in [-0.39, 0.29) is 0 Å². The molecule has 0 aliphatic heterocycles. The summed E-state index contributed by atoms with van der Waals surface area (Å²) in [4.78, 5) is 0. The minimum absolute atomic E-state index is 0.608. The molecule has 1 aromatic rings. The molecule has 2 bridgehead atoms. The van der Waals surface area contributed by atoms with Gasteiger partial charge in [0.2, 0.25) is 0 Å². The van der Waals surface area contributed by atoms with Gasteiger partial charge in [0.1, 0.15) is 0 Å². The Morgan fingerprint density at radius 1 is 1.00 bits per heavy atom. The van der Waals surface area contributed by atoms with Gasteiger partial charge in [-0.2, -0.15) is 0 Å². The fraction of sp³-hybridized carbons (Fsp3) is 0.684. The zero-order chi connectivity index (χ0) is 13.7. The summed E-state index contributed by atoms with van der Waals surface area (Å²) >= 11 is 0. The number of hydrogen-bond acceptors (Lipinski definition) is 1. The van der Waals surface area contributed by atoms with Crippen LogP contribution in [-0.4, -0.2) is 6.04 Å². The average Bonchev–Trinajstić information content (AvgIpc) is 3.10. The van der Waals surface area contributed by atoms with E-state index < -0.39 is 0 Å². The van der Waals surface area contributed by atoms with Crippen molar-refractivity contribution in [3.05, 3.63) is 29.8 Å². The molecule has 1 nitrogen and oxygen atoms in total. The van der Waals surface area contributed by atoms with E-state index in [0.29, 0.717) is 5.92 Å². The Bertz CT molecular complexity index is 492. The molecule has 3 aliphatic carbocycles. The molecular weight excluding hydrogens is 242 g/mol. The van der Waals surface area contributed by atoms with E-state index in [2.05, 4.69) is 43.4 Å². The fourth-order valence-electron chi connectivity index (χ4n) is 5.57. The largest absolute Gasteiger partial charge is 0.382 e. The highest BCUT2D eigenvalue weighted by molar-refractivity contribution is 5.53. The molecule has 3 saturated carbocycles. The first-order valence-corrected chi connectivity index (χ1v) is 8.59. The van der Waals surface area contributed by atoms with E-state index in [9.17, 15) is 0 Å². The van der Waals surface area contributed by atoms with E-state index in [1.165, 1.54) is 43.4 Å².